The zero-order valence-electron chi connectivity index (χ0n) is 6.50. The van der Waals surface area contributed by atoms with Gasteiger partial charge < -0.3 is 0 Å². The number of hydrogen-bond acceptors (Lipinski definition) is 2. The van der Waals surface area contributed by atoms with Crippen molar-refractivity contribution < 1.29 is 9.59 Å². The number of carbonyl (C=O) groups excluding carboxylic acids is 2. The second-order valence-electron chi connectivity index (χ2n) is 2.41. The molecule has 0 aliphatic heterocycles. The fraction of sp³-hybridized carbons (Fsp3) is 0.111. The SMILES string of the molecule is CC(=O)c1cc(I)ccc1C=O. The highest BCUT2D eigenvalue weighted by Gasteiger charge is 2.05. The zero-order valence-corrected chi connectivity index (χ0v) is 8.66. The van der Waals surface area contributed by atoms with Gasteiger partial charge in [0.15, 0.2) is 12.1 Å². The van der Waals surface area contributed by atoms with E-state index in [1.165, 1.54) is 6.92 Å². The highest BCUT2D eigenvalue weighted by atomic mass is 127. The van der Waals surface area contributed by atoms with Crippen LogP contribution in [0.3, 0.4) is 0 Å². The summed E-state index contributed by atoms with van der Waals surface area (Å²) in [7, 11) is 0. The van der Waals surface area contributed by atoms with Gasteiger partial charge >= 0.3 is 0 Å². The maximum absolute atomic E-state index is 11.0. The molecule has 1 aromatic carbocycles. The van der Waals surface area contributed by atoms with Gasteiger partial charge in [0.1, 0.15) is 0 Å². The molecular weight excluding hydrogens is 267 g/mol. The monoisotopic (exact) mass is 274 g/mol. The number of benzene rings is 1. The Morgan fingerprint density at radius 1 is 1.50 bits per heavy atom. The minimum Gasteiger partial charge on any atom is -0.298 e. The molecule has 0 bridgehead atoms. The lowest BCUT2D eigenvalue weighted by atomic mass is 10.1. The van der Waals surface area contributed by atoms with Gasteiger partial charge in [0, 0.05) is 14.7 Å². The van der Waals surface area contributed by atoms with Crippen LogP contribution >= 0.6 is 22.6 Å². The average molecular weight is 274 g/mol. The lowest BCUT2D eigenvalue weighted by Gasteiger charge is -1.99. The van der Waals surface area contributed by atoms with Crippen molar-refractivity contribution in [2.45, 2.75) is 6.92 Å². The Labute approximate surface area is 84.1 Å². The fourth-order valence-electron chi connectivity index (χ4n) is 0.936. The molecule has 0 aromatic heterocycles. The first kappa shape index (κ1) is 9.38. The number of hydrogen-bond donors (Lipinski definition) is 0. The van der Waals surface area contributed by atoms with Crippen molar-refractivity contribution in [1.82, 2.24) is 0 Å². The predicted molar refractivity (Wildman–Crippen MR) is 54.6 cm³/mol. The van der Waals surface area contributed by atoms with Gasteiger partial charge in [-0.1, -0.05) is 0 Å². The molecule has 0 N–H and O–H groups in total. The number of halogens is 1. The molecule has 0 saturated heterocycles. The Kier molecular flexibility index (Phi) is 2.97. The van der Waals surface area contributed by atoms with E-state index >= 15 is 0 Å². The molecule has 0 atom stereocenters. The lowest BCUT2D eigenvalue weighted by Crippen LogP contribution is -1.98. The van der Waals surface area contributed by atoms with Gasteiger partial charge in [-0.05, 0) is 47.7 Å². The van der Waals surface area contributed by atoms with Crippen molar-refractivity contribution in [1.29, 1.82) is 0 Å². The number of carbonyl (C=O) groups is 2. The average Bonchev–Trinajstić information content (AvgIpc) is 2.04. The molecule has 0 aliphatic carbocycles. The molecule has 1 rings (SSSR count). The number of aldehydes is 1. The Morgan fingerprint density at radius 3 is 2.67 bits per heavy atom. The van der Waals surface area contributed by atoms with Crippen LogP contribution < -0.4 is 0 Å². The van der Waals surface area contributed by atoms with E-state index in [9.17, 15) is 9.59 Å². The maximum atomic E-state index is 11.0. The summed E-state index contributed by atoms with van der Waals surface area (Å²) >= 11 is 2.10. The third kappa shape index (κ3) is 1.91. The Morgan fingerprint density at radius 2 is 2.17 bits per heavy atom. The summed E-state index contributed by atoms with van der Waals surface area (Å²) in [5.74, 6) is -0.0735. The maximum Gasteiger partial charge on any atom is 0.160 e. The molecule has 0 spiro atoms. The third-order valence-electron chi connectivity index (χ3n) is 1.52. The Hall–Kier alpha value is -0.710. The van der Waals surface area contributed by atoms with Crippen LogP contribution in [0.5, 0.6) is 0 Å². The van der Waals surface area contributed by atoms with Crippen LogP contribution in [-0.2, 0) is 0 Å². The van der Waals surface area contributed by atoms with E-state index in [4.69, 9.17) is 0 Å². The minimum atomic E-state index is -0.0735. The quantitative estimate of drug-likeness (QED) is 0.471. The van der Waals surface area contributed by atoms with E-state index in [2.05, 4.69) is 22.6 Å². The van der Waals surface area contributed by atoms with Crippen molar-refractivity contribution >= 4 is 34.7 Å². The van der Waals surface area contributed by atoms with E-state index in [1.54, 1.807) is 18.2 Å². The number of Topliss-reactive ketones (excluding diaryl/α,β-unsaturated/α-hetero) is 1. The zero-order chi connectivity index (χ0) is 9.14. The van der Waals surface area contributed by atoms with Crippen LogP contribution in [0.25, 0.3) is 0 Å². The van der Waals surface area contributed by atoms with Crippen molar-refractivity contribution in [3.05, 3.63) is 32.9 Å². The van der Waals surface area contributed by atoms with Crippen LogP contribution in [0.1, 0.15) is 27.6 Å². The summed E-state index contributed by atoms with van der Waals surface area (Å²) in [5, 5.41) is 0. The van der Waals surface area contributed by atoms with E-state index in [0.29, 0.717) is 17.4 Å². The molecule has 62 valence electrons. The van der Waals surface area contributed by atoms with Gasteiger partial charge in [0.25, 0.3) is 0 Å². The molecule has 0 heterocycles. The smallest absolute Gasteiger partial charge is 0.160 e. The lowest BCUT2D eigenvalue weighted by molar-refractivity contribution is 0.100. The summed E-state index contributed by atoms with van der Waals surface area (Å²) < 4.78 is 0.961. The van der Waals surface area contributed by atoms with Gasteiger partial charge in [0.05, 0.1) is 0 Å². The number of ketones is 1. The highest BCUT2D eigenvalue weighted by molar-refractivity contribution is 14.1. The topological polar surface area (TPSA) is 34.1 Å². The predicted octanol–water partition coefficient (Wildman–Crippen LogP) is 2.31. The van der Waals surface area contributed by atoms with Gasteiger partial charge in [-0.25, -0.2) is 0 Å². The van der Waals surface area contributed by atoms with Gasteiger partial charge in [-0.15, -0.1) is 0 Å². The van der Waals surface area contributed by atoms with E-state index in [-0.39, 0.29) is 5.78 Å². The largest absolute Gasteiger partial charge is 0.298 e. The Bertz CT molecular complexity index is 331. The van der Waals surface area contributed by atoms with E-state index in [1.807, 2.05) is 0 Å². The van der Waals surface area contributed by atoms with Gasteiger partial charge in [-0.2, -0.15) is 0 Å². The molecule has 12 heavy (non-hydrogen) atoms. The van der Waals surface area contributed by atoms with Crippen molar-refractivity contribution in [3.8, 4) is 0 Å². The molecule has 2 nitrogen and oxygen atoms in total. The third-order valence-corrected chi connectivity index (χ3v) is 2.19. The van der Waals surface area contributed by atoms with Crippen LogP contribution in [0.2, 0.25) is 0 Å². The molecule has 0 saturated carbocycles. The molecule has 1 aromatic rings. The van der Waals surface area contributed by atoms with Crippen LogP contribution in [0, 0.1) is 3.57 Å². The normalized spacial score (nSPS) is 9.50. The van der Waals surface area contributed by atoms with Gasteiger partial charge in [0.2, 0.25) is 0 Å². The van der Waals surface area contributed by atoms with Crippen LogP contribution in [0.4, 0.5) is 0 Å². The number of rotatable bonds is 2. The van der Waals surface area contributed by atoms with Crippen molar-refractivity contribution in [2.24, 2.45) is 0 Å². The van der Waals surface area contributed by atoms with Gasteiger partial charge in [-0.3, -0.25) is 9.59 Å². The standard InChI is InChI=1S/C9H7IO2/c1-6(12)9-4-8(10)3-2-7(9)5-11/h2-5H,1H3. The first-order valence-corrected chi connectivity index (χ1v) is 4.48. The summed E-state index contributed by atoms with van der Waals surface area (Å²) in [6.07, 6.45) is 0.701. The van der Waals surface area contributed by atoms with Crippen LogP contribution in [0.15, 0.2) is 18.2 Å². The minimum absolute atomic E-state index is 0.0735. The molecule has 0 fully saturated rings. The Balaban J connectivity index is 3.30. The molecule has 3 heteroatoms. The van der Waals surface area contributed by atoms with Crippen LogP contribution in [-0.4, -0.2) is 12.1 Å². The first-order chi connectivity index (χ1) is 5.65. The fourth-order valence-corrected chi connectivity index (χ4v) is 1.43. The van der Waals surface area contributed by atoms with E-state index in [0.717, 1.165) is 3.57 Å². The summed E-state index contributed by atoms with van der Waals surface area (Å²) in [4.78, 5) is 21.5. The molecule has 0 unspecified atom stereocenters. The molecule has 0 amide bonds. The molecular formula is C9H7IO2. The summed E-state index contributed by atoms with van der Waals surface area (Å²) in [6.45, 7) is 1.46. The van der Waals surface area contributed by atoms with Crippen molar-refractivity contribution in [2.75, 3.05) is 0 Å². The summed E-state index contributed by atoms with van der Waals surface area (Å²) in [5.41, 5.74) is 0.958. The molecule has 0 radical (unpaired) electrons. The highest BCUT2D eigenvalue weighted by Crippen LogP contribution is 2.12. The first-order valence-electron chi connectivity index (χ1n) is 3.41. The summed E-state index contributed by atoms with van der Waals surface area (Å²) in [6, 6.07) is 5.18. The van der Waals surface area contributed by atoms with Crippen molar-refractivity contribution in [3.63, 3.8) is 0 Å². The van der Waals surface area contributed by atoms with E-state index < -0.39 is 0 Å². The second-order valence-corrected chi connectivity index (χ2v) is 3.65. The molecule has 0 aliphatic rings. The second kappa shape index (κ2) is 3.80.